The SMILES string of the molecule is CCC(C(=O)O)=C(C)C(F)=CC=C(C)C=Cc1c(C)cc(OC)c(C)c1Cl. The number of allylic oxidation sites excluding steroid dienone is 6. The topological polar surface area (TPSA) is 46.5 Å². The van der Waals surface area contributed by atoms with Crippen molar-refractivity contribution in [1.29, 1.82) is 0 Å². The van der Waals surface area contributed by atoms with Gasteiger partial charge in [0.2, 0.25) is 0 Å². The molecule has 3 nitrogen and oxygen atoms in total. The number of carboxylic acids is 1. The minimum atomic E-state index is -1.10. The monoisotopic (exact) mass is 392 g/mol. The first-order chi connectivity index (χ1) is 12.6. The van der Waals surface area contributed by atoms with Crippen molar-refractivity contribution in [1.82, 2.24) is 0 Å². The molecule has 1 aromatic carbocycles. The number of benzene rings is 1. The smallest absolute Gasteiger partial charge is 0.331 e. The predicted molar refractivity (Wildman–Crippen MR) is 110 cm³/mol. The van der Waals surface area contributed by atoms with Crippen LogP contribution in [0.1, 0.15) is 43.9 Å². The Morgan fingerprint density at radius 3 is 2.44 bits per heavy atom. The van der Waals surface area contributed by atoms with Gasteiger partial charge in [-0.15, -0.1) is 0 Å². The number of aryl methyl sites for hydroxylation is 1. The van der Waals surface area contributed by atoms with Gasteiger partial charge >= 0.3 is 5.97 Å². The van der Waals surface area contributed by atoms with Crippen molar-refractivity contribution in [3.63, 3.8) is 0 Å². The molecule has 146 valence electrons. The van der Waals surface area contributed by atoms with Crippen molar-refractivity contribution in [3.05, 3.63) is 68.6 Å². The maximum absolute atomic E-state index is 14.2. The fraction of sp³-hybridized carbons (Fsp3) is 0.318. The Hall–Kier alpha value is -2.33. The molecular weight excluding hydrogens is 367 g/mol. The number of aliphatic carboxylic acids is 1. The van der Waals surface area contributed by atoms with Crippen LogP contribution < -0.4 is 4.74 Å². The van der Waals surface area contributed by atoms with Crippen LogP contribution in [0.4, 0.5) is 4.39 Å². The van der Waals surface area contributed by atoms with Gasteiger partial charge in [0.15, 0.2) is 0 Å². The summed E-state index contributed by atoms with van der Waals surface area (Å²) in [7, 11) is 1.60. The Kier molecular flexibility index (Phi) is 8.51. The molecule has 0 bridgehead atoms. The summed E-state index contributed by atoms with van der Waals surface area (Å²) in [5.41, 5.74) is 3.72. The molecule has 1 rings (SSSR count). The van der Waals surface area contributed by atoms with E-state index in [0.29, 0.717) is 5.02 Å². The first-order valence-electron chi connectivity index (χ1n) is 8.63. The fourth-order valence-electron chi connectivity index (χ4n) is 2.60. The van der Waals surface area contributed by atoms with E-state index in [0.717, 1.165) is 28.0 Å². The molecule has 0 spiro atoms. The van der Waals surface area contributed by atoms with Crippen LogP contribution in [-0.4, -0.2) is 18.2 Å². The van der Waals surface area contributed by atoms with Crippen molar-refractivity contribution in [2.45, 2.75) is 41.0 Å². The molecule has 0 aliphatic heterocycles. The van der Waals surface area contributed by atoms with Crippen LogP contribution in [0.2, 0.25) is 5.02 Å². The highest BCUT2D eigenvalue weighted by Gasteiger charge is 2.12. The highest BCUT2D eigenvalue weighted by atomic mass is 35.5. The summed E-state index contributed by atoms with van der Waals surface area (Å²) in [6.45, 7) is 8.82. The Morgan fingerprint density at radius 2 is 1.93 bits per heavy atom. The Balaban J connectivity index is 3.14. The maximum atomic E-state index is 14.2. The molecule has 0 saturated heterocycles. The third kappa shape index (κ3) is 5.83. The quantitative estimate of drug-likeness (QED) is 0.420. The highest BCUT2D eigenvalue weighted by Crippen LogP contribution is 2.33. The lowest BCUT2D eigenvalue weighted by Gasteiger charge is -2.12. The summed E-state index contributed by atoms with van der Waals surface area (Å²) in [6, 6.07) is 1.92. The Labute approximate surface area is 165 Å². The average Bonchev–Trinajstić information content (AvgIpc) is 2.62. The molecule has 0 radical (unpaired) electrons. The van der Waals surface area contributed by atoms with E-state index in [-0.39, 0.29) is 17.6 Å². The van der Waals surface area contributed by atoms with E-state index in [1.54, 1.807) is 20.1 Å². The van der Waals surface area contributed by atoms with Crippen molar-refractivity contribution < 1.29 is 19.0 Å². The molecule has 0 heterocycles. The lowest BCUT2D eigenvalue weighted by Crippen LogP contribution is -2.02. The molecule has 0 unspecified atom stereocenters. The van der Waals surface area contributed by atoms with Crippen LogP contribution in [0.5, 0.6) is 5.75 Å². The molecule has 1 aromatic rings. The minimum Gasteiger partial charge on any atom is -0.496 e. The molecule has 0 atom stereocenters. The van der Waals surface area contributed by atoms with Crippen molar-refractivity contribution in [3.8, 4) is 5.75 Å². The van der Waals surface area contributed by atoms with Crippen LogP contribution >= 0.6 is 11.6 Å². The molecule has 0 aliphatic carbocycles. The average molecular weight is 393 g/mol. The van der Waals surface area contributed by atoms with Gasteiger partial charge in [-0.1, -0.05) is 42.3 Å². The zero-order chi connectivity index (χ0) is 20.7. The molecular formula is C22H26ClFO3. The molecule has 27 heavy (non-hydrogen) atoms. The van der Waals surface area contributed by atoms with Gasteiger partial charge in [-0.2, -0.15) is 0 Å². The molecule has 0 aliphatic rings. The third-order valence-electron chi connectivity index (χ3n) is 4.36. The number of halogens is 2. The zero-order valence-electron chi connectivity index (χ0n) is 16.6. The number of carboxylic acid groups (broad SMARTS) is 1. The van der Waals surface area contributed by atoms with E-state index in [1.807, 2.05) is 39.0 Å². The van der Waals surface area contributed by atoms with Gasteiger partial charge < -0.3 is 9.84 Å². The van der Waals surface area contributed by atoms with Crippen molar-refractivity contribution in [2.75, 3.05) is 7.11 Å². The molecule has 0 aromatic heterocycles. The van der Waals surface area contributed by atoms with E-state index in [4.69, 9.17) is 21.4 Å². The second kappa shape index (κ2) is 10.1. The molecule has 0 fully saturated rings. The van der Waals surface area contributed by atoms with Gasteiger partial charge in [-0.05, 0) is 63.0 Å². The molecule has 0 saturated carbocycles. The summed E-state index contributed by atoms with van der Waals surface area (Å²) < 4.78 is 19.5. The minimum absolute atomic E-state index is 0.0708. The van der Waals surface area contributed by atoms with Crippen LogP contribution in [0.15, 0.2) is 46.8 Å². The highest BCUT2D eigenvalue weighted by molar-refractivity contribution is 6.33. The molecule has 0 amide bonds. The summed E-state index contributed by atoms with van der Waals surface area (Å²) in [4.78, 5) is 11.1. The Bertz CT molecular complexity index is 846. The fourth-order valence-corrected chi connectivity index (χ4v) is 2.91. The van der Waals surface area contributed by atoms with Gasteiger partial charge in [-0.3, -0.25) is 0 Å². The van der Waals surface area contributed by atoms with E-state index < -0.39 is 11.8 Å². The third-order valence-corrected chi connectivity index (χ3v) is 4.84. The van der Waals surface area contributed by atoms with Crippen molar-refractivity contribution >= 4 is 23.6 Å². The number of carbonyl (C=O) groups is 1. The number of methoxy groups -OCH3 is 1. The first-order valence-corrected chi connectivity index (χ1v) is 9.01. The lowest BCUT2D eigenvalue weighted by molar-refractivity contribution is -0.132. The van der Waals surface area contributed by atoms with E-state index in [2.05, 4.69) is 0 Å². The normalized spacial score (nSPS) is 13.8. The van der Waals surface area contributed by atoms with Gasteiger partial charge in [-0.25, -0.2) is 9.18 Å². The lowest BCUT2D eigenvalue weighted by atomic mass is 10.0. The molecule has 5 heteroatoms. The van der Waals surface area contributed by atoms with Gasteiger partial charge in [0.1, 0.15) is 11.6 Å². The first kappa shape index (κ1) is 22.7. The molecule has 1 N–H and O–H groups in total. The second-order valence-corrected chi connectivity index (χ2v) is 6.65. The standard InChI is InChI=1S/C22H26ClFO3/c1-7-17(22(25)26)15(4)19(24)11-9-13(2)8-10-18-14(3)12-20(27-6)16(5)21(18)23/h8-12H,7H2,1-6H3,(H,25,26). The number of rotatable bonds is 7. The second-order valence-electron chi connectivity index (χ2n) is 6.27. The largest absolute Gasteiger partial charge is 0.496 e. The van der Waals surface area contributed by atoms with E-state index in [1.165, 1.54) is 13.0 Å². The van der Waals surface area contributed by atoms with Crippen LogP contribution in [0.25, 0.3) is 6.08 Å². The van der Waals surface area contributed by atoms with Gasteiger partial charge in [0.05, 0.1) is 12.1 Å². The number of ether oxygens (including phenoxy) is 1. The van der Waals surface area contributed by atoms with E-state index >= 15 is 0 Å². The van der Waals surface area contributed by atoms with Crippen molar-refractivity contribution in [2.24, 2.45) is 0 Å². The summed E-state index contributed by atoms with van der Waals surface area (Å²) >= 11 is 6.43. The summed E-state index contributed by atoms with van der Waals surface area (Å²) in [5.74, 6) is -0.921. The number of hydrogen-bond donors (Lipinski definition) is 1. The van der Waals surface area contributed by atoms with Gasteiger partial charge in [0.25, 0.3) is 0 Å². The predicted octanol–water partition coefficient (Wildman–Crippen LogP) is 6.59. The summed E-state index contributed by atoms with van der Waals surface area (Å²) in [6.07, 6.45) is 6.85. The van der Waals surface area contributed by atoms with Crippen LogP contribution in [0.3, 0.4) is 0 Å². The van der Waals surface area contributed by atoms with Gasteiger partial charge in [0, 0.05) is 11.1 Å². The van der Waals surface area contributed by atoms with Crippen LogP contribution in [-0.2, 0) is 4.79 Å². The summed E-state index contributed by atoms with van der Waals surface area (Å²) in [5, 5.41) is 9.71. The maximum Gasteiger partial charge on any atom is 0.331 e. The van der Waals surface area contributed by atoms with E-state index in [9.17, 15) is 9.18 Å². The zero-order valence-corrected chi connectivity index (χ0v) is 17.4. The Morgan fingerprint density at radius 1 is 1.30 bits per heavy atom. The van der Waals surface area contributed by atoms with Crippen LogP contribution in [0, 0.1) is 13.8 Å². The number of hydrogen-bond acceptors (Lipinski definition) is 2.